The van der Waals surface area contributed by atoms with E-state index in [9.17, 15) is 62.4 Å². The molecule has 0 saturated carbocycles. The van der Waals surface area contributed by atoms with Crippen molar-refractivity contribution in [1.82, 2.24) is 61.1 Å². The first-order chi connectivity index (χ1) is 45.3. The van der Waals surface area contributed by atoms with Gasteiger partial charge >= 0.3 is 50.5 Å². The summed E-state index contributed by atoms with van der Waals surface area (Å²) < 4.78 is 117. The molecular weight excluding hydrogens is 1390 g/mol. The summed E-state index contributed by atoms with van der Waals surface area (Å²) in [7, 11) is -15.1. The summed E-state index contributed by atoms with van der Waals surface area (Å²) in [5.74, 6) is -1.21. The number of carboxylic acids is 2. The first-order valence-corrected chi connectivity index (χ1v) is 37.9. The number of nitrogens with one attached hydrogen (secondary N) is 3. The Morgan fingerprint density at radius 2 is 0.867 bits per heavy atom. The van der Waals surface area contributed by atoms with Gasteiger partial charge in [-0.15, -0.1) is 12.4 Å². The van der Waals surface area contributed by atoms with Crippen molar-refractivity contribution >= 4 is 101 Å². The minimum Gasteiger partial charge on any atom is -0.481 e. The molecular formula is C57H100ClN17O19S4. The second-order valence-electron chi connectivity index (χ2n) is 25.5. The number of fused-ring (bicyclic) bond motifs is 1. The Morgan fingerprint density at radius 3 is 1.20 bits per heavy atom. The number of hydrogen-bond donors (Lipinski definition) is 7. The number of nitrogens with zero attached hydrogens (tertiary/aromatic N) is 12. The largest absolute Gasteiger partial charge is 0.481 e. The molecule has 0 unspecified atom stereocenters. The molecule has 5 saturated heterocycles. The molecule has 0 atom stereocenters. The molecule has 1 aliphatic carbocycles. The van der Waals surface area contributed by atoms with E-state index in [-0.39, 0.29) is 69.7 Å². The molecule has 1 aromatic carbocycles. The summed E-state index contributed by atoms with van der Waals surface area (Å²) in [6, 6.07) is 8.86. The molecule has 2 aromatic rings. The van der Waals surface area contributed by atoms with Crippen molar-refractivity contribution in [3.05, 3.63) is 47.8 Å². The topological polar surface area (TPSA) is 453 Å². The number of benzene rings is 1. The fourth-order valence-electron chi connectivity index (χ4n) is 10.8. The van der Waals surface area contributed by atoms with Crippen molar-refractivity contribution < 1.29 is 86.9 Å². The fraction of sp³-hybridized carbons (Fsp3) is 0.719. The van der Waals surface area contributed by atoms with Crippen LogP contribution in [0.3, 0.4) is 0 Å². The minimum atomic E-state index is -3.94. The van der Waals surface area contributed by atoms with E-state index in [4.69, 9.17) is 34.7 Å². The maximum atomic E-state index is 12.7. The van der Waals surface area contributed by atoms with Crippen LogP contribution in [-0.4, -0.2) is 312 Å². The van der Waals surface area contributed by atoms with Gasteiger partial charge in [0.1, 0.15) is 11.2 Å². The van der Waals surface area contributed by atoms with E-state index in [2.05, 4.69) is 49.4 Å². The second-order valence-corrected chi connectivity index (χ2v) is 31.9. The van der Waals surface area contributed by atoms with E-state index in [1.165, 1.54) is 24.0 Å². The number of carboxylic acid groups (broad SMARTS) is 2. The molecule has 36 nitrogen and oxygen atoms in total. The van der Waals surface area contributed by atoms with Crippen LogP contribution in [-0.2, 0) is 87.1 Å². The van der Waals surface area contributed by atoms with Crippen LogP contribution in [0.15, 0.2) is 36.7 Å². The van der Waals surface area contributed by atoms with E-state index < -0.39 is 76.2 Å². The number of carbonyl (C=O) groups excluding carboxylic acids is 4. The zero-order valence-corrected chi connectivity index (χ0v) is 60.9. The van der Waals surface area contributed by atoms with Gasteiger partial charge < -0.3 is 59.1 Å². The Labute approximate surface area is 582 Å². The van der Waals surface area contributed by atoms with Gasteiger partial charge in [0.2, 0.25) is 11.9 Å². The molecule has 558 valence electrons. The first-order valence-electron chi connectivity index (χ1n) is 32.0. The highest BCUT2D eigenvalue weighted by Crippen LogP contribution is 2.25. The molecule has 3 amide bonds. The summed E-state index contributed by atoms with van der Waals surface area (Å²) >= 11 is 0. The van der Waals surface area contributed by atoms with Gasteiger partial charge in [0.05, 0.1) is 44.0 Å². The van der Waals surface area contributed by atoms with Gasteiger partial charge in [0, 0.05) is 170 Å². The Kier molecular flexibility index (Phi) is 33.4. The zero-order chi connectivity index (χ0) is 71.9. The third-order valence-electron chi connectivity index (χ3n) is 15.8. The number of aliphatic carboxylic acids is 2. The lowest BCUT2D eigenvalue weighted by atomic mass is 10.1. The number of amides is 3. The molecule has 41 heteroatoms. The number of anilines is 2. The van der Waals surface area contributed by atoms with Crippen molar-refractivity contribution in [3.63, 3.8) is 0 Å². The van der Waals surface area contributed by atoms with Gasteiger partial charge in [0.15, 0.2) is 0 Å². The highest BCUT2D eigenvalue weighted by Gasteiger charge is 2.34. The number of hydrogen-bond acceptors (Lipinski definition) is 25. The van der Waals surface area contributed by atoms with Crippen LogP contribution in [0, 0.1) is 0 Å². The van der Waals surface area contributed by atoms with Crippen LogP contribution in [0.4, 0.5) is 21.2 Å². The number of carbonyl (C=O) groups is 6. The molecule has 5 fully saturated rings. The highest BCUT2D eigenvalue weighted by atomic mass is 35.5. The summed E-state index contributed by atoms with van der Waals surface area (Å²) in [4.78, 5) is 89.1. The number of aromatic nitrogens is 2. The lowest BCUT2D eigenvalue weighted by molar-refractivity contribution is -0.143. The lowest BCUT2D eigenvalue weighted by Crippen LogP contribution is -2.53. The molecule has 8 rings (SSSR count). The molecule has 6 heterocycles. The third-order valence-corrected chi connectivity index (χ3v) is 20.9. The molecule has 1 aromatic heterocycles. The van der Waals surface area contributed by atoms with Crippen LogP contribution < -0.4 is 29.9 Å². The average molecular weight is 1490 g/mol. The Bertz CT molecular complexity index is 3350. The molecule has 9 N–H and O–H groups in total. The maximum Gasteiger partial charge on any atom is 0.422 e. The number of halogens is 1. The molecule has 6 aliphatic rings. The van der Waals surface area contributed by atoms with Crippen LogP contribution in [0.2, 0.25) is 0 Å². The van der Waals surface area contributed by atoms with Crippen LogP contribution in [0.5, 0.6) is 0 Å². The number of piperazine rings is 5. The van der Waals surface area contributed by atoms with Gasteiger partial charge in [-0.3, -0.25) is 19.2 Å². The van der Waals surface area contributed by atoms with E-state index in [1.807, 2.05) is 41.4 Å². The summed E-state index contributed by atoms with van der Waals surface area (Å²) in [5, 5.41) is 30.7. The average Bonchev–Trinajstić information content (AvgIpc) is 1.18. The van der Waals surface area contributed by atoms with Gasteiger partial charge in [-0.1, -0.05) is 24.3 Å². The first kappa shape index (κ1) is 84.4. The number of esters is 1. The Hall–Kier alpha value is -5.99. The normalized spacial score (nSPS) is 18.7. The quantitative estimate of drug-likeness (QED) is 0.0537. The van der Waals surface area contributed by atoms with E-state index in [0.29, 0.717) is 143 Å². The lowest BCUT2D eigenvalue weighted by Gasteiger charge is -2.36. The van der Waals surface area contributed by atoms with Crippen LogP contribution >= 0.6 is 12.4 Å². The minimum absolute atomic E-state index is 0. The number of ether oxygens (including phenoxy) is 3. The van der Waals surface area contributed by atoms with Crippen molar-refractivity contribution in [2.45, 2.75) is 104 Å². The molecule has 5 aliphatic heterocycles. The smallest absolute Gasteiger partial charge is 0.422 e. The van der Waals surface area contributed by atoms with Crippen molar-refractivity contribution in [3.8, 4) is 0 Å². The molecule has 0 bridgehead atoms. The summed E-state index contributed by atoms with van der Waals surface area (Å²) in [6.45, 7) is 23.1. The van der Waals surface area contributed by atoms with Crippen molar-refractivity contribution in [1.29, 1.82) is 0 Å². The SMILES string of the molecule is CC(C)(C)OC(=O)NS(=O)(=O)N1CCN(CCC(=O)O)CC1.CCOC(=O)CCN1CCN(S(=O)(=O)NC(=O)OC(C)(C)C)CC1.Cl.NS(=O)(=O)N1CCN(CCC(=O)N2CCN(c3cnc(NC4Cc5ccccc5C4)nc3)CC2)CC1.NS(=O)(=O)N1CCN(CCC(=O)O)CC1. The van der Waals surface area contributed by atoms with Gasteiger partial charge in [-0.25, -0.2) is 39.3 Å². The number of nitrogens with two attached hydrogens (primary N) is 2. The van der Waals surface area contributed by atoms with E-state index in [1.54, 1.807) is 48.5 Å². The van der Waals surface area contributed by atoms with Gasteiger partial charge in [-0.05, 0) is 72.4 Å². The monoisotopic (exact) mass is 1490 g/mol. The van der Waals surface area contributed by atoms with E-state index in [0.717, 1.165) is 35.9 Å². The third kappa shape index (κ3) is 30.9. The highest BCUT2D eigenvalue weighted by molar-refractivity contribution is 7.88. The van der Waals surface area contributed by atoms with E-state index >= 15 is 0 Å². The predicted molar refractivity (Wildman–Crippen MR) is 365 cm³/mol. The van der Waals surface area contributed by atoms with Crippen LogP contribution in [0.25, 0.3) is 0 Å². The molecule has 0 spiro atoms. The van der Waals surface area contributed by atoms with Gasteiger partial charge in [0.25, 0.3) is 20.4 Å². The number of rotatable bonds is 22. The van der Waals surface area contributed by atoms with Crippen LogP contribution in [0.1, 0.15) is 85.3 Å². The fourth-order valence-corrected chi connectivity index (χ4v) is 14.2. The molecule has 98 heavy (non-hydrogen) atoms. The predicted octanol–water partition coefficient (Wildman–Crippen LogP) is -1.21. The van der Waals surface area contributed by atoms with Gasteiger partial charge in [-0.2, -0.15) is 50.9 Å². The van der Waals surface area contributed by atoms with Crippen molar-refractivity contribution in [2.24, 2.45) is 10.3 Å². The Balaban J connectivity index is 0.000000291. The maximum absolute atomic E-state index is 12.7. The summed E-state index contributed by atoms with van der Waals surface area (Å²) in [6.07, 6.45) is 4.49. The Morgan fingerprint density at radius 1 is 0.520 bits per heavy atom. The second kappa shape index (κ2) is 38.7. The standard InChI is InChI=1S/C24H34N8O3S.C14H27N3O6S.C12H23N3O6S.C7H15N3O4S.ClH/c25-36(34,35)32-13-7-29(8-14-32)6-5-23(33)31-11-9-30(10-12-31)22-17-26-24(27-18-22)28-21-15-19-3-1-2-4-20(19)16-21;1-5-22-12(18)6-7-16-8-10-17(11-9-16)24(20,21)15-13(19)23-14(2,3)4;1-12(2,3)21-11(18)13-22(19,20)15-8-6-14(7-9-15)5-4-10(16)17;8-15(13,14)10-5-3-9(4-6-10)2-1-7(11)12;/h1-4,17-18,21H,5-16H2,(H2,25,34,35)(H,26,27,28);5-11H2,1-4H3,(H,15,19);4-9H2,1-3H3,(H,13,18)(H,16,17);1-6H2,(H,11,12)(H2,8,13,14);1H. The summed E-state index contributed by atoms with van der Waals surface area (Å²) in [5.41, 5.74) is 2.20. The zero-order valence-electron chi connectivity index (χ0n) is 56.9. The van der Waals surface area contributed by atoms with Crippen molar-refractivity contribution in [2.75, 3.05) is 174 Å². The molecule has 0 radical (unpaired) electrons.